The minimum Gasteiger partial charge on any atom is -0.268 e. The van der Waals surface area contributed by atoms with Gasteiger partial charge < -0.3 is 0 Å². The van der Waals surface area contributed by atoms with E-state index in [2.05, 4.69) is 6.92 Å². The monoisotopic (exact) mass is 325 g/mol. The van der Waals surface area contributed by atoms with Gasteiger partial charge in [-0.3, -0.25) is 4.79 Å². The van der Waals surface area contributed by atoms with Crippen molar-refractivity contribution < 1.29 is 13.2 Å². The first-order valence-electron chi connectivity index (χ1n) is 8.04. The topological polar surface area (TPSA) is 63.2 Å². The molecule has 0 aliphatic carbocycles. The maximum Gasteiger partial charge on any atom is 0.264 e. The van der Waals surface area contributed by atoms with E-state index in [-0.39, 0.29) is 0 Å². The van der Waals surface area contributed by atoms with Crippen LogP contribution >= 0.6 is 0 Å². The van der Waals surface area contributed by atoms with E-state index in [1.807, 2.05) is 16.9 Å². The highest BCUT2D eigenvalue weighted by Crippen LogP contribution is 2.14. The summed E-state index contributed by atoms with van der Waals surface area (Å²) >= 11 is 0. The zero-order valence-corrected chi connectivity index (χ0v) is 14.4. The average Bonchev–Trinajstić information content (AvgIpc) is 2.45. The Hall–Kier alpha value is -1.36. The van der Waals surface area contributed by atoms with Crippen molar-refractivity contribution in [2.24, 2.45) is 0 Å². The summed E-state index contributed by atoms with van der Waals surface area (Å²) in [6, 6.07) is 7.21. The third kappa shape index (κ3) is 7.59. The highest BCUT2D eigenvalue weighted by Gasteiger charge is 2.14. The molecule has 0 aliphatic rings. The van der Waals surface area contributed by atoms with Crippen molar-refractivity contribution in [2.75, 3.05) is 6.26 Å². The molecule has 22 heavy (non-hydrogen) atoms. The second kappa shape index (κ2) is 9.62. The molecule has 0 heterocycles. The number of carbonyl (C=O) groups is 1. The SMILES string of the molecule is CCCCCCCCCc1ccccc1C(=O)NS(C)(=O)=O. The zero-order chi connectivity index (χ0) is 16.4. The fraction of sp³-hybridized carbons (Fsp3) is 0.588. The minimum atomic E-state index is -3.53. The number of sulfonamides is 1. The molecule has 0 spiro atoms. The van der Waals surface area contributed by atoms with Crippen LogP contribution in [0.2, 0.25) is 0 Å². The van der Waals surface area contributed by atoms with Crippen LogP contribution in [-0.4, -0.2) is 20.6 Å². The Morgan fingerprint density at radius 2 is 1.59 bits per heavy atom. The van der Waals surface area contributed by atoms with E-state index in [1.165, 1.54) is 32.1 Å². The molecular weight excluding hydrogens is 298 g/mol. The van der Waals surface area contributed by atoms with Crippen LogP contribution in [0.15, 0.2) is 24.3 Å². The number of carbonyl (C=O) groups excluding carboxylic acids is 1. The predicted molar refractivity (Wildman–Crippen MR) is 90.4 cm³/mol. The summed E-state index contributed by atoms with van der Waals surface area (Å²) < 4.78 is 24.4. The van der Waals surface area contributed by atoms with Crippen molar-refractivity contribution in [1.29, 1.82) is 0 Å². The molecule has 1 aromatic rings. The smallest absolute Gasteiger partial charge is 0.264 e. The standard InChI is InChI=1S/C17H27NO3S/c1-3-4-5-6-7-8-9-12-15-13-10-11-14-16(15)17(19)18-22(2,20)21/h10-11,13-14H,3-9,12H2,1-2H3,(H,18,19). The zero-order valence-electron chi connectivity index (χ0n) is 13.6. The lowest BCUT2D eigenvalue weighted by Gasteiger charge is -2.09. The normalized spacial score (nSPS) is 11.4. The first-order valence-corrected chi connectivity index (χ1v) is 9.93. The van der Waals surface area contributed by atoms with Gasteiger partial charge in [-0.1, -0.05) is 63.6 Å². The highest BCUT2D eigenvalue weighted by molar-refractivity contribution is 7.89. The van der Waals surface area contributed by atoms with E-state index in [9.17, 15) is 13.2 Å². The van der Waals surface area contributed by atoms with Crippen LogP contribution < -0.4 is 4.72 Å². The van der Waals surface area contributed by atoms with Gasteiger partial charge in [0.25, 0.3) is 5.91 Å². The molecule has 0 saturated heterocycles. The molecule has 0 bridgehead atoms. The molecule has 0 unspecified atom stereocenters. The third-order valence-corrected chi connectivity index (χ3v) is 4.15. The number of hydrogen-bond acceptors (Lipinski definition) is 3. The van der Waals surface area contributed by atoms with Gasteiger partial charge >= 0.3 is 0 Å². The van der Waals surface area contributed by atoms with Crippen LogP contribution in [0.4, 0.5) is 0 Å². The van der Waals surface area contributed by atoms with Gasteiger partial charge in [0.15, 0.2) is 0 Å². The summed E-state index contributed by atoms with van der Waals surface area (Å²) in [5.74, 6) is -0.541. The number of unbranched alkanes of at least 4 members (excludes halogenated alkanes) is 6. The summed E-state index contributed by atoms with van der Waals surface area (Å²) in [6.07, 6.45) is 10.3. The molecule has 124 valence electrons. The van der Waals surface area contributed by atoms with Gasteiger partial charge in [0.2, 0.25) is 10.0 Å². The Balaban J connectivity index is 2.49. The molecular formula is C17H27NO3S. The maximum absolute atomic E-state index is 12.0. The number of nitrogens with one attached hydrogen (secondary N) is 1. The van der Waals surface area contributed by atoms with Crippen molar-refractivity contribution in [1.82, 2.24) is 4.72 Å². The fourth-order valence-electron chi connectivity index (χ4n) is 2.46. The molecule has 0 atom stereocenters. The molecule has 1 rings (SSSR count). The van der Waals surface area contributed by atoms with Gasteiger partial charge in [0.1, 0.15) is 0 Å². The van der Waals surface area contributed by atoms with E-state index in [0.29, 0.717) is 5.56 Å². The second-order valence-electron chi connectivity index (χ2n) is 5.73. The Labute approximate surface area is 134 Å². The van der Waals surface area contributed by atoms with E-state index in [1.54, 1.807) is 12.1 Å². The largest absolute Gasteiger partial charge is 0.268 e. The van der Waals surface area contributed by atoms with E-state index in [4.69, 9.17) is 0 Å². The Morgan fingerprint density at radius 3 is 2.23 bits per heavy atom. The number of amides is 1. The van der Waals surface area contributed by atoms with E-state index >= 15 is 0 Å². The molecule has 1 amide bonds. The van der Waals surface area contributed by atoms with Crippen molar-refractivity contribution in [3.63, 3.8) is 0 Å². The van der Waals surface area contributed by atoms with Crippen LogP contribution in [0.1, 0.15) is 67.8 Å². The molecule has 1 N–H and O–H groups in total. The van der Waals surface area contributed by atoms with E-state index < -0.39 is 15.9 Å². The van der Waals surface area contributed by atoms with Gasteiger partial charge in [0, 0.05) is 5.56 Å². The summed E-state index contributed by atoms with van der Waals surface area (Å²) in [6.45, 7) is 2.21. The number of rotatable bonds is 10. The lowest BCUT2D eigenvalue weighted by Crippen LogP contribution is -2.30. The Kier molecular flexibility index (Phi) is 8.17. The molecule has 4 nitrogen and oxygen atoms in total. The van der Waals surface area contributed by atoms with Gasteiger partial charge in [-0.2, -0.15) is 0 Å². The highest BCUT2D eigenvalue weighted by atomic mass is 32.2. The maximum atomic E-state index is 12.0. The summed E-state index contributed by atoms with van der Waals surface area (Å²) in [5, 5.41) is 0. The third-order valence-electron chi connectivity index (χ3n) is 3.59. The number of benzene rings is 1. The van der Waals surface area contributed by atoms with Crippen molar-refractivity contribution in [2.45, 2.75) is 58.3 Å². The Bertz CT molecular complexity index is 567. The van der Waals surface area contributed by atoms with Crippen molar-refractivity contribution in [3.05, 3.63) is 35.4 Å². The van der Waals surface area contributed by atoms with Gasteiger partial charge in [-0.05, 0) is 24.5 Å². The average molecular weight is 325 g/mol. The lowest BCUT2D eigenvalue weighted by atomic mass is 10.00. The van der Waals surface area contributed by atoms with Crippen LogP contribution in [0.25, 0.3) is 0 Å². The molecule has 0 saturated carbocycles. The lowest BCUT2D eigenvalue weighted by molar-refractivity contribution is 0.0980. The summed E-state index contributed by atoms with van der Waals surface area (Å²) in [4.78, 5) is 12.0. The van der Waals surface area contributed by atoms with Crippen molar-refractivity contribution >= 4 is 15.9 Å². The first-order chi connectivity index (χ1) is 10.4. The minimum absolute atomic E-state index is 0.457. The predicted octanol–water partition coefficient (Wildman–Crippen LogP) is 3.67. The molecule has 0 radical (unpaired) electrons. The fourth-order valence-corrected chi connectivity index (χ4v) is 2.90. The molecule has 0 aromatic heterocycles. The first kappa shape index (κ1) is 18.7. The van der Waals surface area contributed by atoms with Gasteiger partial charge in [-0.25, -0.2) is 13.1 Å². The van der Waals surface area contributed by atoms with E-state index in [0.717, 1.165) is 31.1 Å². The van der Waals surface area contributed by atoms with Crippen LogP contribution in [0.5, 0.6) is 0 Å². The van der Waals surface area contributed by atoms with Crippen molar-refractivity contribution in [3.8, 4) is 0 Å². The molecule has 0 aliphatic heterocycles. The van der Waals surface area contributed by atoms with Crippen LogP contribution in [-0.2, 0) is 16.4 Å². The molecule has 1 aromatic carbocycles. The Morgan fingerprint density at radius 1 is 1.00 bits per heavy atom. The summed E-state index contributed by atoms with van der Waals surface area (Å²) in [7, 11) is -3.53. The van der Waals surface area contributed by atoms with Crippen LogP contribution in [0.3, 0.4) is 0 Å². The second-order valence-corrected chi connectivity index (χ2v) is 7.48. The number of hydrogen-bond donors (Lipinski definition) is 1. The van der Waals surface area contributed by atoms with Crippen LogP contribution in [0, 0.1) is 0 Å². The molecule has 0 fully saturated rings. The van der Waals surface area contributed by atoms with Gasteiger partial charge in [-0.15, -0.1) is 0 Å². The molecule has 5 heteroatoms. The summed E-state index contributed by atoms with van der Waals surface area (Å²) in [5.41, 5.74) is 1.37. The van der Waals surface area contributed by atoms with Gasteiger partial charge in [0.05, 0.1) is 6.26 Å². The quantitative estimate of drug-likeness (QED) is 0.668. The number of aryl methyl sites for hydroxylation is 1.